The van der Waals surface area contributed by atoms with Crippen molar-refractivity contribution in [3.8, 4) is 0 Å². The first-order valence-electron chi connectivity index (χ1n) is 12.1. The molecular formula is C26H28ClFN8O2S. The molecule has 5 rings (SSSR count). The number of nitrogens with zero attached hydrogens (tertiary/aromatic N) is 6. The molecule has 10 nitrogen and oxygen atoms in total. The third-order valence-corrected chi connectivity index (χ3v) is 8.10. The third-order valence-electron chi connectivity index (χ3n) is 6.19. The fourth-order valence-corrected chi connectivity index (χ4v) is 5.59. The second-order valence-corrected chi connectivity index (χ2v) is 10.7. The van der Waals surface area contributed by atoms with E-state index in [0.29, 0.717) is 49.6 Å². The average molecular weight is 571 g/mol. The molecule has 1 aliphatic rings. The highest BCUT2D eigenvalue weighted by Crippen LogP contribution is 2.26. The van der Waals surface area contributed by atoms with Crippen molar-refractivity contribution in [3.05, 3.63) is 90.6 Å². The predicted molar refractivity (Wildman–Crippen MR) is 150 cm³/mol. The second-order valence-electron chi connectivity index (χ2n) is 8.77. The van der Waals surface area contributed by atoms with Crippen molar-refractivity contribution in [3.63, 3.8) is 0 Å². The van der Waals surface area contributed by atoms with Crippen molar-refractivity contribution in [1.29, 1.82) is 0 Å². The van der Waals surface area contributed by atoms with Crippen molar-refractivity contribution in [1.82, 2.24) is 24.2 Å². The topological polar surface area (TPSA) is 116 Å². The Labute approximate surface area is 232 Å². The van der Waals surface area contributed by atoms with E-state index < -0.39 is 10.0 Å². The van der Waals surface area contributed by atoms with Crippen LogP contribution in [-0.2, 0) is 10.0 Å². The molecule has 0 bridgehead atoms. The molecule has 1 fully saturated rings. The zero-order chi connectivity index (χ0) is 26.5. The predicted octanol–water partition coefficient (Wildman–Crippen LogP) is 4.26. The lowest BCUT2D eigenvalue weighted by Gasteiger charge is -2.35. The Morgan fingerprint density at radius 1 is 0.923 bits per heavy atom. The summed E-state index contributed by atoms with van der Waals surface area (Å²) in [4.78, 5) is 19.9. The van der Waals surface area contributed by atoms with Crippen molar-refractivity contribution in [2.24, 2.45) is 0 Å². The minimum absolute atomic E-state index is 0. The van der Waals surface area contributed by atoms with Gasteiger partial charge >= 0.3 is 0 Å². The number of halogens is 2. The van der Waals surface area contributed by atoms with E-state index in [2.05, 4.69) is 25.6 Å². The van der Waals surface area contributed by atoms with Crippen LogP contribution in [0.5, 0.6) is 0 Å². The Hall–Kier alpha value is -3.87. The van der Waals surface area contributed by atoms with Gasteiger partial charge in [0.2, 0.25) is 16.0 Å². The minimum atomic E-state index is -3.57. The summed E-state index contributed by atoms with van der Waals surface area (Å²) in [7, 11) is -3.57. The lowest BCUT2D eigenvalue weighted by Crippen LogP contribution is -2.49. The van der Waals surface area contributed by atoms with Crippen LogP contribution in [0.15, 0.2) is 84.1 Å². The molecule has 39 heavy (non-hydrogen) atoms. The molecular weight excluding hydrogens is 543 g/mol. The van der Waals surface area contributed by atoms with Crippen LogP contribution in [0.3, 0.4) is 0 Å². The number of sulfonamides is 1. The van der Waals surface area contributed by atoms with Crippen LogP contribution in [0.4, 0.5) is 27.8 Å². The SMILES string of the molecule is CC(Nc1nc(Nc2cnccn2)cc(N2CCN(S(=O)(=O)c3ccccc3)CC2)n1)c1ccc(F)cc1.Cl. The standard InChI is InChI=1S/C26H27FN8O2S.ClH/c1-19(20-7-9-21(27)10-8-20)30-26-32-23(31-24-18-28-11-12-29-24)17-25(33-26)34-13-15-35(16-14-34)38(36,37)22-5-3-2-4-6-22;/h2-12,17-19H,13-16H2,1H3,(H2,29,30,31,32,33);1H. The molecule has 1 unspecified atom stereocenters. The van der Waals surface area contributed by atoms with Crippen LogP contribution in [-0.4, -0.2) is 58.8 Å². The first-order valence-corrected chi connectivity index (χ1v) is 13.6. The number of aromatic nitrogens is 4. The Kier molecular flexibility index (Phi) is 8.90. The van der Waals surface area contributed by atoms with Gasteiger partial charge in [-0.3, -0.25) is 4.98 Å². The van der Waals surface area contributed by atoms with Crippen molar-refractivity contribution in [2.75, 3.05) is 41.7 Å². The maximum Gasteiger partial charge on any atom is 0.243 e. The van der Waals surface area contributed by atoms with Gasteiger partial charge in [-0.25, -0.2) is 17.8 Å². The Bertz CT molecular complexity index is 1470. The molecule has 4 aromatic rings. The van der Waals surface area contributed by atoms with Gasteiger partial charge in [0.15, 0.2) is 0 Å². The highest BCUT2D eigenvalue weighted by molar-refractivity contribution is 7.89. The molecule has 1 saturated heterocycles. The first kappa shape index (κ1) is 28.1. The van der Waals surface area contributed by atoms with E-state index in [-0.39, 0.29) is 29.2 Å². The highest BCUT2D eigenvalue weighted by atomic mass is 35.5. The maximum atomic E-state index is 13.4. The summed E-state index contributed by atoms with van der Waals surface area (Å²) in [6.45, 7) is 3.50. The van der Waals surface area contributed by atoms with Crippen LogP contribution < -0.4 is 15.5 Å². The van der Waals surface area contributed by atoms with Gasteiger partial charge < -0.3 is 15.5 Å². The number of nitrogens with one attached hydrogen (secondary N) is 2. The molecule has 0 radical (unpaired) electrons. The van der Waals surface area contributed by atoms with E-state index in [0.717, 1.165) is 5.56 Å². The fourth-order valence-electron chi connectivity index (χ4n) is 4.15. The molecule has 0 saturated carbocycles. The summed E-state index contributed by atoms with van der Waals surface area (Å²) in [5, 5.41) is 6.44. The molecule has 0 aliphatic carbocycles. The molecule has 0 amide bonds. The summed E-state index contributed by atoms with van der Waals surface area (Å²) in [6, 6.07) is 16.3. The third kappa shape index (κ3) is 6.77. The van der Waals surface area contributed by atoms with E-state index in [9.17, 15) is 12.8 Å². The maximum absolute atomic E-state index is 13.4. The minimum Gasteiger partial charge on any atom is -0.354 e. The number of hydrogen-bond acceptors (Lipinski definition) is 9. The van der Waals surface area contributed by atoms with Gasteiger partial charge in [-0.05, 0) is 36.8 Å². The number of hydrogen-bond donors (Lipinski definition) is 2. The first-order chi connectivity index (χ1) is 18.4. The summed E-state index contributed by atoms with van der Waals surface area (Å²) < 4.78 is 41.0. The van der Waals surface area contributed by atoms with E-state index in [4.69, 9.17) is 4.98 Å². The van der Waals surface area contributed by atoms with E-state index >= 15 is 0 Å². The van der Waals surface area contributed by atoms with Crippen molar-refractivity contribution < 1.29 is 12.8 Å². The molecule has 2 N–H and O–H groups in total. The molecule has 2 aromatic carbocycles. The lowest BCUT2D eigenvalue weighted by atomic mass is 10.1. The zero-order valence-corrected chi connectivity index (χ0v) is 22.7. The monoisotopic (exact) mass is 570 g/mol. The summed E-state index contributed by atoms with van der Waals surface area (Å²) >= 11 is 0. The van der Waals surface area contributed by atoms with Crippen molar-refractivity contribution >= 4 is 45.8 Å². The molecule has 2 aromatic heterocycles. The largest absolute Gasteiger partial charge is 0.354 e. The quantitative estimate of drug-likeness (QED) is 0.320. The van der Waals surface area contributed by atoms with Crippen LogP contribution >= 0.6 is 12.4 Å². The summed E-state index contributed by atoms with van der Waals surface area (Å²) in [6.07, 6.45) is 4.74. The summed E-state index contributed by atoms with van der Waals surface area (Å²) in [5.74, 6) is 1.72. The van der Waals surface area contributed by atoms with Gasteiger partial charge in [0.05, 0.1) is 17.1 Å². The van der Waals surface area contributed by atoms with Gasteiger partial charge in [0.25, 0.3) is 0 Å². The summed E-state index contributed by atoms with van der Waals surface area (Å²) in [5.41, 5.74) is 0.878. The lowest BCUT2D eigenvalue weighted by molar-refractivity contribution is 0.384. The highest BCUT2D eigenvalue weighted by Gasteiger charge is 2.29. The Morgan fingerprint density at radius 3 is 2.31 bits per heavy atom. The van der Waals surface area contributed by atoms with Gasteiger partial charge in [-0.1, -0.05) is 30.3 Å². The molecule has 0 spiro atoms. The van der Waals surface area contributed by atoms with Gasteiger partial charge in [-0.2, -0.15) is 14.3 Å². The zero-order valence-electron chi connectivity index (χ0n) is 21.1. The molecule has 1 atom stereocenters. The van der Waals surface area contributed by atoms with E-state index in [1.807, 2.05) is 11.8 Å². The van der Waals surface area contributed by atoms with E-state index in [1.165, 1.54) is 16.4 Å². The number of rotatable bonds is 8. The van der Waals surface area contributed by atoms with E-state index in [1.54, 1.807) is 67.1 Å². The smallest absolute Gasteiger partial charge is 0.243 e. The van der Waals surface area contributed by atoms with Crippen LogP contribution in [0.25, 0.3) is 0 Å². The number of benzene rings is 2. The van der Waals surface area contributed by atoms with Crippen LogP contribution in [0.2, 0.25) is 0 Å². The Balaban J connectivity index is 0.00000353. The molecule has 3 heterocycles. The van der Waals surface area contributed by atoms with Gasteiger partial charge in [0, 0.05) is 44.6 Å². The van der Waals surface area contributed by atoms with Crippen molar-refractivity contribution in [2.45, 2.75) is 17.9 Å². The van der Waals surface area contributed by atoms with Crippen LogP contribution in [0, 0.1) is 5.82 Å². The Morgan fingerprint density at radius 2 is 1.64 bits per heavy atom. The number of anilines is 4. The normalized spacial score (nSPS) is 14.8. The average Bonchev–Trinajstić information content (AvgIpc) is 2.94. The molecule has 13 heteroatoms. The van der Waals surface area contributed by atoms with Gasteiger partial charge in [0.1, 0.15) is 23.3 Å². The fraction of sp³-hybridized carbons (Fsp3) is 0.231. The molecule has 1 aliphatic heterocycles. The van der Waals surface area contributed by atoms with Gasteiger partial charge in [-0.15, -0.1) is 12.4 Å². The van der Waals surface area contributed by atoms with Crippen LogP contribution in [0.1, 0.15) is 18.5 Å². The second kappa shape index (κ2) is 12.3. The molecule has 204 valence electrons. The number of piperazine rings is 1.